The van der Waals surface area contributed by atoms with Crippen LogP contribution in [0.1, 0.15) is 25.0 Å². The van der Waals surface area contributed by atoms with Gasteiger partial charge in [-0.25, -0.2) is 15.0 Å². The molecule has 0 saturated carbocycles. The summed E-state index contributed by atoms with van der Waals surface area (Å²) in [6.07, 6.45) is 5.50. The van der Waals surface area contributed by atoms with Crippen molar-refractivity contribution in [2.24, 2.45) is 0 Å². The first kappa shape index (κ1) is 10.6. The average molecular weight is 216 g/mol. The fourth-order valence-electron chi connectivity index (χ4n) is 1.33. The van der Waals surface area contributed by atoms with Crippen LogP contribution in [0.3, 0.4) is 0 Å². The molecular weight excluding hydrogens is 204 g/mol. The second-order valence-corrected chi connectivity index (χ2v) is 3.31. The van der Waals surface area contributed by atoms with E-state index in [9.17, 15) is 0 Å². The zero-order chi connectivity index (χ0) is 11.2. The molecule has 0 atom stereocenters. The molecule has 0 aliphatic rings. The molecule has 0 spiro atoms. The van der Waals surface area contributed by atoms with Crippen LogP contribution in [0.4, 0.5) is 0 Å². The molecule has 0 aliphatic carbocycles. The summed E-state index contributed by atoms with van der Waals surface area (Å²) in [7, 11) is 0. The van der Waals surface area contributed by atoms with E-state index in [1.165, 1.54) is 6.33 Å². The lowest BCUT2D eigenvalue weighted by atomic mass is 10.2. The van der Waals surface area contributed by atoms with Gasteiger partial charge < -0.3 is 10.1 Å². The van der Waals surface area contributed by atoms with E-state index in [1.807, 2.05) is 0 Å². The Hall–Kier alpha value is -1.93. The van der Waals surface area contributed by atoms with Gasteiger partial charge in [-0.3, -0.25) is 0 Å². The summed E-state index contributed by atoms with van der Waals surface area (Å²) in [5.41, 5.74) is 2.08. The minimum atomic E-state index is 0.222. The Bertz CT molecular complexity index is 523. The van der Waals surface area contributed by atoms with Crippen molar-refractivity contribution in [1.82, 2.24) is 19.9 Å². The van der Waals surface area contributed by atoms with Crippen molar-refractivity contribution in [2.45, 2.75) is 19.3 Å². The van der Waals surface area contributed by atoms with Gasteiger partial charge in [-0.05, 0) is 18.8 Å². The zero-order valence-corrected chi connectivity index (χ0v) is 8.77. The molecule has 5 nitrogen and oxygen atoms in total. The van der Waals surface area contributed by atoms with Crippen LogP contribution in [0.2, 0.25) is 0 Å². The summed E-state index contributed by atoms with van der Waals surface area (Å²) in [6.45, 7) is 0.222. The minimum Gasteiger partial charge on any atom is -0.396 e. The Balaban J connectivity index is 2.11. The molecule has 0 fully saturated rings. The van der Waals surface area contributed by atoms with Crippen molar-refractivity contribution in [2.75, 3.05) is 6.61 Å². The lowest BCUT2D eigenvalue weighted by Crippen LogP contribution is -1.87. The molecule has 2 heterocycles. The van der Waals surface area contributed by atoms with Crippen LogP contribution in [0, 0.1) is 11.8 Å². The number of hydrogen-bond donors (Lipinski definition) is 2. The van der Waals surface area contributed by atoms with E-state index in [4.69, 9.17) is 5.11 Å². The van der Waals surface area contributed by atoms with Crippen molar-refractivity contribution in [3.63, 3.8) is 0 Å². The largest absolute Gasteiger partial charge is 0.396 e. The van der Waals surface area contributed by atoms with Gasteiger partial charge in [0.05, 0.1) is 6.33 Å². The van der Waals surface area contributed by atoms with E-state index < -0.39 is 0 Å². The summed E-state index contributed by atoms with van der Waals surface area (Å²) < 4.78 is 0. The normalized spacial score (nSPS) is 10.1. The van der Waals surface area contributed by atoms with Crippen molar-refractivity contribution in [1.29, 1.82) is 0 Å². The molecule has 16 heavy (non-hydrogen) atoms. The second-order valence-electron chi connectivity index (χ2n) is 3.31. The molecule has 0 bridgehead atoms. The van der Waals surface area contributed by atoms with Crippen LogP contribution in [0.15, 0.2) is 12.7 Å². The third-order valence-corrected chi connectivity index (χ3v) is 2.14. The number of nitrogens with one attached hydrogen (secondary N) is 1. The van der Waals surface area contributed by atoms with Gasteiger partial charge in [-0.15, -0.1) is 0 Å². The number of rotatable bonds is 3. The first-order valence-corrected chi connectivity index (χ1v) is 5.15. The number of nitrogens with zero attached hydrogens (tertiary/aromatic N) is 3. The van der Waals surface area contributed by atoms with Crippen LogP contribution in [0.25, 0.3) is 11.2 Å². The van der Waals surface area contributed by atoms with Crippen LogP contribution in [0.5, 0.6) is 0 Å². The zero-order valence-electron chi connectivity index (χ0n) is 8.77. The second kappa shape index (κ2) is 5.24. The Morgan fingerprint density at radius 2 is 2.19 bits per heavy atom. The van der Waals surface area contributed by atoms with Gasteiger partial charge in [-0.2, -0.15) is 0 Å². The molecule has 5 heteroatoms. The number of unbranched alkanes of at least 4 members (excludes halogenated alkanes) is 2. The predicted octanol–water partition coefficient (Wildman–Crippen LogP) is 0.867. The van der Waals surface area contributed by atoms with E-state index in [0.29, 0.717) is 11.3 Å². The van der Waals surface area contributed by atoms with Gasteiger partial charge in [0.2, 0.25) is 0 Å². The highest BCUT2D eigenvalue weighted by molar-refractivity contribution is 5.75. The molecule has 0 radical (unpaired) electrons. The highest BCUT2D eigenvalue weighted by Crippen LogP contribution is 2.07. The quantitative estimate of drug-likeness (QED) is 0.589. The number of aliphatic hydroxyl groups is 1. The standard InChI is InChI=1S/C11H12N4O/c16-6-4-2-1-3-5-9-10-11(14-7-12-9)15-8-13-10/h7-8,16H,1-2,4,6H2,(H,12,13,14,15). The number of hydrogen-bond acceptors (Lipinski definition) is 4. The summed E-state index contributed by atoms with van der Waals surface area (Å²) in [6, 6.07) is 0. The molecule has 0 unspecified atom stereocenters. The monoisotopic (exact) mass is 216 g/mol. The third kappa shape index (κ3) is 2.35. The fraction of sp³-hybridized carbons (Fsp3) is 0.364. The smallest absolute Gasteiger partial charge is 0.181 e. The summed E-state index contributed by atoms with van der Waals surface area (Å²) in [5, 5.41) is 8.61. The van der Waals surface area contributed by atoms with Crippen molar-refractivity contribution in [3.05, 3.63) is 18.3 Å². The number of aliphatic hydroxyl groups excluding tert-OH is 1. The molecule has 0 saturated heterocycles. The highest BCUT2D eigenvalue weighted by Gasteiger charge is 2.01. The maximum Gasteiger partial charge on any atom is 0.181 e. The Kier molecular flexibility index (Phi) is 3.46. The summed E-state index contributed by atoms with van der Waals surface area (Å²) in [5.74, 6) is 6.00. The molecule has 0 aliphatic heterocycles. The summed E-state index contributed by atoms with van der Waals surface area (Å²) >= 11 is 0. The first-order chi connectivity index (χ1) is 7.92. The SMILES string of the molecule is OCCCCC#Cc1ncnc2nc[nH]c12. The van der Waals surface area contributed by atoms with E-state index >= 15 is 0 Å². The first-order valence-electron chi connectivity index (χ1n) is 5.15. The van der Waals surface area contributed by atoms with Gasteiger partial charge in [-0.1, -0.05) is 5.92 Å². The maximum absolute atomic E-state index is 8.61. The molecule has 0 amide bonds. The van der Waals surface area contributed by atoms with E-state index in [-0.39, 0.29) is 6.61 Å². The molecule has 0 aromatic carbocycles. The maximum atomic E-state index is 8.61. The Morgan fingerprint density at radius 3 is 3.06 bits per heavy atom. The number of imidazole rings is 1. The lowest BCUT2D eigenvalue weighted by Gasteiger charge is -1.91. The minimum absolute atomic E-state index is 0.222. The molecule has 2 aromatic rings. The molecule has 2 N–H and O–H groups in total. The number of aromatic amines is 1. The average Bonchev–Trinajstić information content (AvgIpc) is 2.77. The molecular formula is C11H12N4O. The fourth-order valence-corrected chi connectivity index (χ4v) is 1.33. The Morgan fingerprint density at radius 1 is 1.25 bits per heavy atom. The molecule has 2 rings (SSSR count). The van der Waals surface area contributed by atoms with Crippen LogP contribution >= 0.6 is 0 Å². The number of H-pyrrole nitrogens is 1. The third-order valence-electron chi connectivity index (χ3n) is 2.14. The van der Waals surface area contributed by atoms with Gasteiger partial charge in [0.1, 0.15) is 17.5 Å². The van der Waals surface area contributed by atoms with Gasteiger partial charge in [0.25, 0.3) is 0 Å². The van der Waals surface area contributed by atoms with Crippen molar-refractivity contribution < 1.29 is 5.11 Å². The highest BCUT2D eigenvalue weighted by atomic mass is 16.2. The van der Waals surface area contributed by atoms with Crippen LogP contribution in [-0.2, 0) is 0 Å². The lowest BCUT2D eigenvalue weighted by molar-refractivity contribution is 0.285. The summed E-state index contributed by atoms with van der Waals surface area (Å²) in [4.78, 5) is 15.1. The topological polar surface area (TPSA) is 74.7 Å². The molecule has 82 valence electrons. The van der Waals surface area contributed by atoms with Crippen LogP contribution in [-0.4, -0.2) is 31.6 Å². The van der Waals surface area contributed by atoms with Gasteiger partial charge in [0.15, 0.2) is 5.65 Å². The van der Waals surface area contributed by atoms with Crippen molar-refractivity contribution >= 4 is 11.2 Å². The Labute approximate surface area is 93.0 Å². The van der Waals surface area contributed by atoms with E-state index in [1.54, 1.807) is 6.33 Å². The number of aromatic nitrogens is 4. The van der Waals surface area contributed by atoms with Crippen LogP contribution < -0.4 is 0 Å². The van der Waals surface area contributed by atoms with Gasteiger partial charge >= 0.3 is 0 Å². The van der Waals surface area contributed by atoms with E-state index in [2.05, 4.69) is 31.8 Å². The van der Waals surface area contributed by atoms with Crippen molar-refractivity contribution in [3.8, 4) is 11.8 Å². The van der Waals surface area contributed by atoms with Gasteiger partial charge in [0, 0.05) is 13.0 Å². The molecule has 2 aromatic heterocycles. The predicted molar refractivity (Wildman–Crippen MR) is 59.5 cm³/mol. The van der Waals surface area contributed by atoms with E-state index in [0.717, 1.165) is 24.8 Å². The number of fused-ring (bicyclic) bond motifs is 1.